The van der Waals surface area contributed by atoms with Crippen molar-refractivity contribution in [3.05, 3.63) is 23.8 Å². The van der Waals surface area contributed by atoms with E-state index in [0.29, 0.717) is 43.5 Å². The number of carbonyl (C=O) groups excluding carboxylic acids is 1. The van der Waals surface area contributed by atoms with Gasteiger partial charge in [0.25, 0.3) is 5.91 Å². The minimum atomic E-state index is -0.295. The fourth-order valence-corrected chi connectivity index (χ4v) is 3.43. The van der Waals surface area contributed by atoms with Crippen LogP contribution in [0.2, 0.25) is 0 Å². The normalized spacial score (nSPS) is 24.7. The number of fused-ring (bicyclic) bond motifs is 1. The minimum Gasteiger partial charge on any atom is -0.486 e. The molecule has 6 nitrogen and oxygen atoms in total. The number of hydrogen-bond acceptors (Lipinski definition) is 5. The first-order valence-corrected chi connectivity index (χ1v) is 8.27. The van der Waals surface area contributed by atoms with Crippen molar-refractivity contribution in [2.45, 2.75) is 31.6 Å². The third kappa shape index (κ3) is 2.88. The summed E-state index contributed by atoms with van der Waals surface area (Å²) >= 11 is 0. The molecule has 1 unspecified atom stereocenters. The zero-order valence-corrected chi connectivity index (χ0v) is 13.0. The first-order chi connectivity index (χ1) is 11.3. The van der Waals surface area contributed by atoms with Crippen LogP contribution >= 0.6 is 0 Å². The number of rotatable bonds is 2. The Morgan fingerprint density at radius 1 is 1.00 bits per heavy atom. The molecule has 0 aromatic heterocycles. The van der Waals surface area contributed by atoms with Gasteiger partial charge in [0.05, 0.1) is 19.3 Å². The maximum absolute atomic E-state index is 13.0. The van der Waals surface area contributed by atoms with Crippen molar-refractivity contribution < 1.29 is 23.7 Å². The van der Waals surface area contributed by atoms with Crippen molar-refractivity contribution in [1.29, 1.82) is 0 Å². The number of amides is 1. The van der Waals surface area contributed by atoms with Crippen LogP contribution in [0.25, 0.3) is 0 Å². The number of ether oxygens (including phenoxy) is 4. The van der Waals surface area contributed by atoms with Crippen LogP contribution in [0, 0.1) is 0 Å². The quantitative estimate of drug-likeness (QED) is 0.832. The monoisotopic (exact) mass is 319 g/mol. The lowest BCUT2D eigenvalue weighted by molar-refractivity contribution is -0.100. The molecule has 3 aliphatic heterocycles. The van der Waals surface area contributed by atoms with Crippen LogP contribution < -0.4 is 9.47 Å². The predicted molar refractivity (Wildman–Crippen MR) is 81.8 cm³/mol. The summed E-state index contributed by atoms with van der Waals surface area (Å²) in [6.45, 7) is 3.01. The molecule has 124 valence electrons. The maximum atomic E-state index is 13.0. The Labute approximate surface area is 135 Å². The lowest BCUT2D eigenvalue weighted by Gasteiger charge is -2.38. The third-order valence-corrected chi connectivity index (χ3v) is 4.56. The average molecular weight is 319 g/mol. The standard InChI is InChI=1S/C17H21NO5/c19-16(12-4-5-14-15(11-12)21-8-7-20-14)18-6-2-1-3-13(18)17-22-9-10-23-17/h4-5,11,13,17H,1-3,6-10H2. The number of nitrogens with zero attached hydrogens (tertiary/aromatic N) is 1. The lowest BCUT2D eigenvalue weighted by Crippen LogP contribution is -2.50. The van der Waals surface area contributed by atoms with Gasteiger partial charge in [-0.3, -0.25) is 4.79 Å². The number of likely N-dealkylation sites (tertiary alicyclic amines) is 1. The molecule has 2 fully saturated rings. The summed E-state index contributed by atoms with van der Waals surface area (Å²) in [6, 6.07) is 5.38. The van der Waals surface area contributed by atoms with E-state index in [9.17, 15) is 4.79 Å². The maximum Gasteiger partial charge on any atom is 0.254 e. The van der Waals surface area contributed by atoms with Gasteiger partial charge in [-0.2, -0.15) is 0 Å². The van der Waals surface area contributed by atoms with Gasteiger partial charge < -0.3 is 23.8 Å². The van der Waals surface area contributed by atoms with Crippen LogP contribution in [0.3, 0.4) is 0 Å². The predicted octanol–water partition coefficient (Wildman–Crippen LogP) is 1.83. The van der Waals surface area contributed by atoms with E-state index in [1.807, 2.05) is 11.0 Å². The zero-order chi connectivity index (χ0) is 15.6. The van der Waals surface area contributed by atoms with Gasteiger partial charge in [-0.05, 0) is 37.5 Å². The molecule has 6 heteroatoms. The Kier molecular flexibility index (Phi) is 4.10. The van der Waals surface area contributed by atoms with Crippen LogP contribution in [0.15, 0.2) is 18.2 Å². The van der Waals surface area contributed by atoms with Crippen molar-refractivity contribution in [2.75, 3.05) is 33.0 Å². The highest BCUT2D eigenvalue weighted by atomic mass is 16.7. The molecule has 3 heterocycles. The smallest absolute Gasteiger partial charge is 0.254 e. The first-order valence-electron chi connectivity index (χ1n) is 8.27. The number of carbonyl (C=O) groups is 1. The van der Waals surface area contributed by atoms with Crippen LogP contribution in [0.5, 0.6) is 11.5 Å². The molecule has 3 aliphatic rings. The van der Waals surface area contributed by atoms with E-state index in [-0.39, 0.29) is 18.2 Å². The van der Waals surface area contributed by atoms with Gasteiger partial charge in [0.1, 0.15) is 13.2 Å². The molecule has 1 aromatic rings. The van der Waals surface area contributed by atoms with Crippen molar-refractivity contribution >= 4 is 5.91 Å². The van der Waals surface area contributed by atoms with E-state index < -0.39 is 0 Å². The zero-order valence-electron chi connectivity index (χ0n) is 13.0. The molecule has 4 rings (SSSR count). The van der Waals surface area contributed by atoms with Gasteiger partial charge in [0.15, 0.2) is 17.8 Å². The Balaban J connectivity index is 1.56. The molecular weight excluding hydrogens is 298 g/mol. The first kappa shape index (κ1) is 14.8. The molecule has 2 saturated heterocycles. The Morgan fingerprint density at radius 2 is 1.78 bits per heavy atom. The van der Waals surface area contributed by atoms with Gasteiger partial charge in [-0.15, -0.1) is 0 Å². The van der Waals surface area contributed by atoms with E-state index in [2.05, 4.69) is 0 Å². The fraction of sp³-hybridized carbons (Fsp3) is 0.588. The topological polar surface area (TPSA) is 57.2 Å². The van der Waals surface area contributed by atoms with Gasteiger partial charge in [-0.1, -0.05) is 0 Å². The third-order valence-electron chi connectivity index (χ3n) is 4.56. The molecule has 0 bridgehead atoms. The highest BCUT2D eigenvalue weighted by Gasteiger charge is 2.36. The second kappa shape index (κ2) is 6.37. The Morgan fingerprint density at radius 3 is 2.61 bits per heavy atom. The van der Waals surface area contributed by atoms with Crippen LogP contribution in [-0.4, -0.2) is 56.1 Å². The number of piperidine rings is 1. The lowest BCUT2D eigenvalue weighted by atomic mass is 10.00. The largest absolute Gasteiger partial charge is 0.486 e. The highest BCUT2D eigenvalue weighted by Crippen LogP contribution is 2.32. The second-order valence-electron chi connectivity index (χ2n) is 6.03. The van der Waals surface area contributed by atoms with E-state index in [1.54, 1.807) is 12.1 Å². The summed E-state index contributed by atoms with van der Waals surface area (Å²) < 4.78 is 22.4. The van der Waals surface area contributed by atoms with Crippen LogP contribution in [0.4, 0.5) is 0 Å². The van der Waals surface area contributed by atoms with E-state index in [0.717, 1.165) is 25.8 Å². The van der Waals surface area contributed by atoms with E-state index >= 15 is 0 Å². The van der Waals surface area contributed by atoms with Crippen molar-refractivity contribution in [3.63, 3.8) is 0 Å². The molecule has 1 amide bonds. The van der Waals surface area contributed by atoms with Crippen molar-refractivity contribution in [3.8, 4) is 11.5 Å². The highest BCUT2D eigenvalue weighted by molar-refractivity contribution is 5.95. The molecule has 0 N–H and O–H groups in total. The summed E-state index contributed by atoms with van der Waals surface area (Å²) in [5.74, 6) is 1.35. The summed E-state index contributed by atoms with van der Waals surface area (Å²) in [7, 11) is 0. The van der Waals surface area contributed by atoms with Gasteiger partial charge >= 0.3 is 0 Å². The molecule has 1 aromatic carbocycles. The number of hydrogen-bond donors (Lipinski definition) is 0. The summed E-state index contributed by atoms with van der Waals surface area (Å²) in [5, 5.41) is 0. The Bertz CT molecular complexity index is 584. The van der Waals surface area contributed by atoms with Crippen molar-refractivity contribution in [1.82, 2.24) is 4.90 Å². The van der Waals surface area contributed by atoms with Crippen LogP contribution in [-0.2, 0) is 9.47 Å². The number of benzene rings is 1. The molecular formula is C17H21NO5. The molecule has 0 saturated carbocycles. The Hall–Kier alpha value is -1.79. The van der Waals surface area contributed by atoms with Crippen molar-refractivity contribution in [2.24, 2.45) is 0 Å². The molecule has 0 radical (unpaired) electrons. The SMILES string of the molecule is O=C(c1ccc2c(c1)OCCO2)N1CCCCC1C1OCCO1. The second-order valence-corrected chi connectivity index (χ2v) is 6.03. The van der Waals surface area contributed by atoms with Gasteiger partial charge in [0, 0.05) is 12.1 Å². The molecule has 23 heavy (non-hydrogen) atoms. The minimum absolute atomic E-state index is 0.00535. The fourth-order valence-electron chi connectivity index (χ4n) is 3.43. The summed E-state index contributed by atoms with van der Waals surface area (Å²) in [6.07, 6.45) is 2.73. The van der Waals surface area contributed by atoms with Gasteiger partial charge in [0.2, 0.25) is 0 Å². The van der Waals surface area contributed by atoms with E-state index in [1.165, 1.54) is 0 Å². The van der Waals surface area contributed by atoms with Gasteiger partial charge in [-0.25, -0.2) is 0 Å². The average Bonchev–Trinajstić information content (AvgIpc) is 3.15. The molecule has 0 spiro atoms. The molecule has 1 atom stereocenters. The summed E-state index contributed by atoms with van der Waals surface area (Å²) in [4.78, 5) is 14.9. The summed E-state index contributed by atoms with van der Waals surface area (Å²) in [5.41, 5.74) is 0.624. The van der Waals surface area contributed by atoms with E-state index in [4.69, 9.17) is 18.9 Å². The molecule has 0 aliphatic carbocycles. The van der Waals surface area contributed by atoms with Crippen LogP contribution in [0.1, 0.15) is 29.6 Å².